The van der Waals surface area contributed by atoms with Gasteiger partial charge in [-0.2, -0.15) is 0 Å². The average molecular weight is 527 g/mol. The zero-order valence-electron chi connectivity index (χ0n) is 21.2. The first-order valence-electron chi connectivity index (χ1n) is 12.8. The Kier molecular flexibility index (Phi) is 8.21. The normalized spacial score (nSPS) is 18.6. The van der Waals surface area contributed by atoms with Crippen LogP contribution in [0.2, 0.25) is 0 Å². The molecule has 9 nitrogen and oxygen atoms in total. The number of aromatic nitrogens is 1. The minimum absolute atomic E-state index is 0.0680. The third-order valence-electron chi connectivity index (χ3n) is 6.86. The number of aromatic hydroxyl groups is 1. The minimum atomic E-state index is -0.435. The van der Waals surface area contributed by atoms with Crippen molar-refractivity contribution in [1.29, 1.82) is 0 Å². The lowest BCUT2D eigenvalue weighted by atomic mass is 9.99. The first kappa shape index (κ1) is 25.9. The number of morpholine rings is 1. The summed E-state index contributed by atoms with van der Waals surface area (Å²) in [6.45, 7) is 4.74. The van der Waals surface area contributed by atoms with Gasteiger partial charge >= 0.3 is 0 Å². The molecule has 37 heavy (non-hydrogen) atoms. The van der Waals surface area contributed by atoms with Gasteiger partial charge in [0.2, 0.25) is 0 Å². The number of benzene rings is 1. The molecule has 2 fully saturated rings. The predicted octanol–water partition coefficient (Wildman–Crippen LogP) is 3.90. The molecule has 1 aliphatic carbocycles. The standard InChI is InChI=1S/C27H34N4O5S/c1-17(31(19-9-10-19)27(33)23-16-28-12-13-35-23)24-14-18(6-5-11-29-34-2)26(37-24)21-8-4-3-7-20(21)22-15-25(32)30-36-22/h3-4,7-8,14-15,17,19,23,28-29H,5-6,9-13,16H2,1-2H3,(H,30,32)/t17-,23-/m1/s1. The number of hydrogen-bond donors (Lipinski definition) is 3. The van der Waals surface area contributed by atoms with E-state index in [1.807, 2.05) is 23.1 Å². The van der Waals surface area contributed by atoms with Crippen molar-refractivity contribution in [3.8, 4) is 27.6 Å². The van der Waals surface area contributed by atoms with Crippen molar-refractivity contribution in [3.05, 3.63) is 46.8 Å². The number of nitrogens with zero attached hydrogens (tertiary/aromatic N) is 2. The predicted molar refractivity (Wildman–Crippen MR) is 141 cm³/mol. The summed E-state index contributed by atoms with van der Waals surface area (Å²) in [5.74, 6) is 0.439. The van der Waals surface area contributed by atoms with Crippen LogP contribution in [0.15, 0.2) is 40.9 Å². The van der Waals surface area contributed by atoms with Crippen molar-refractivity contribution in [3.63, 3.8) is 0 Å². The molecular weight excluding hydrogens is 492 g/mol. The summed E-state index contributed by atoms with van der Waals surface area (Å²) < 4.78 is 11.2. The summed E-state index contributed by atoms with van der Waals surface area (Å²) in [7, 11) is 1.62. The number of aryl methyl sites for hydroxylation is 1. The van der Waals surface area contributed by atoms with Crippen LogP contribution in [0.5, 0.6) is 5.88 Å². The third kappa shape index (κ3) is 5.89. The van der Waals surface area contributed by atoms with Crippen molar-refractivity contribution in [2.75, 3.05) is 33.4 Å². The molecular formula is C27H34N4O5S. The molecule has 0 unspecified atom stereocenters. The van der Waals surface area contributed by atoms with E-state index < -0.39 is 6.10 Å². The summed E-state index contributed by atoms with van der Waals surface area (Å²) in [5.41, 5.74) is 6.01. The van der Waals surface area contributed by atoms with Crippen LogP contribution in [0.25, 0.3) is 21.8 Å². The molecule has 0 spiro atoms. The molecule has 1 aromatic carbocycles. The lowest BCUT2D eigenvalue weighted by molar-refractivity contribution is -0.148. The van der Waals surface area contributed by atoms with Crippen LogP contribution in [0.1, 0.15) is 42.7 Å². The van der Waals surface area contributed by atoms with Crippen molar-refractivity contribution in [2.24, 2.45) is 0 Å². The van der Waals surface area contributed by atoms with Crippen LogP contribution >= 0.6 is 11.3 Å². The Morgan fingerprint density at radius 2 is 2.14 bits per heavy atom. The molecule has 5 rings (SSSR count). The molecule has 10 heteroatoms. The largest absolute Gasteiger partial charge is 0.491 e. The zero-order valence-corrected chi connectivity index (χ0v) is 22.1. The van der Waals surface area contributed by atoms with Gasteiger partial charge in [0, 0.05) is 52.6 Å². The fraction of sp³-hybridized carbons (Fsp3) is 0.481. The number of hydroxylamine groups is 1. The number of carbonyl (C=O) groups excluding carboxylic acids is 1. The second-order valence-electron chi connectivity index (χ2n) is 9.52. The Morgan fingerprint density at radius 3 is 2.81 bits per heavy atom. The van der Waals surface area contributed by atoms with Gasteiger partial charge in [-0.25, -0.2) is 5.48 Å². The highest BCUT2D eigenvalue weighted by molar-refractivity contribution is 7.15. The van der Waals surface area contributed by atoms with Gasteiger partial charge in [-0.1, -0.05) is 24.3 Å². The smallest absolute Gasteiger partial charge is 0.253 e. The molecule has 0 radical (unpaired) electrons. The number of amides is 1. The van der Waals surface area contributed by atoms with E-state index in [9.17, 15) is 9.90 Å². The Balaban J connectivity index is 1.49. The molecule has 1 aliphatic heterocycles. The SMILES string of the molecule is CONCCCc1cc([C@@H](C)N(C(=O)[C@H]2CNCCO2)C2CC2)sc1-c1ccccc1-c1cc(O)no1. The summed E-state index contributed by atoms with van der Waals surface area (Å²) >= 11 is 1.71. The summed E-state index contributed by atoms with van der Waals surface area (Å²) in [6, 6.07) is 12.0. The molecule has 1 saturated carbocycles. The monoisotopic (exact) mass is 526 g/mol. The lowest BCUT2D eigenvalue weighted by Gasteiger charge is -2.33. The molecule has 1 amide bonds. The van der Waals surface area contributed by atoms with Crippen LogP contribution < -0.4 is 10.8 Å². The highest BCUT2D eigenvalue weighted by atomic mass is 32.1. The third-order valence-corrected chi connectivity index (χ3v) is 8.24. The molecule has 2 atom stereocenters. The van der Waals surface area contributed by atoms with Crippen molar-refractivity contribution < 1.29 is 24.0 Å². The zero-order chi connectivity index (χ0) is 25.8. The van der Waals surface area contributed by atoms with Crippen LogP contribution in [0.3, 0.4) is 0 Å². The van der Waals surface area contributed by atoms with Gasteiger partial charge in [-0.3, -0.25) is 4.79 Å². The van der Waals surface area contributed by atoms with Gasteiger partial charge < -0.3 is 29.4 Å². The van der Waals surface area contributed by atoms with E-state index in [1.165, 1.54) is 11.6 Å². The van der Waals surface area contributed by atoms with Gasteiger partial charge in [0.15, 0.2) is 5.76 Å². The maximum atomic E-state index is 13.5. The summed E-state index contributed by atoms with van der Waals surface area (Å²) in [6.07, 6.45) is 3.36. The van der Waals surface area contributed by atoms with E-state index in [0.29, 0.717) is 18.9 Å². The minimum Gasteiger partial charge on any atom is -0.491 e. The molecule has 3 N–H and O–H groups in total. The molecule has 3 heterocycles. The highest BCUT2D eigenvalue weighted by Crippen LogP contribution is 2.44. The van der Waals surface area contributed by atoms with Crippen LogP contribution in [-0.2, 0) is 20.8 Å². The van der Waals surface area contributed by atoms with Crippen LogP contribution in [0, 0.1) is 0 Å². The van der Waals surface area contributed by atoms with E-state index in [1.54, 1.807) is 18.4 Å². The molecule has 2 aliphatic rings. The Morgan fingerprint density at radius 1 is 1.32 bits per heavy atom. The fourth-order valence-corrected chi connectivity index (χ4v) is 6.18. The van der Waals surface area contributed by atoms with E-state index >= 15 is 0 Å². The number of carbonyl (C=O) groups is 1. The van der Waals surface area contributed by atoms with E-state index in [2.05, 4.69) is 35.0 Å². The van der Waals surface area contributed by atoms with Gasteiger partial charge in [0.1, 0.15) is 6.10 Å². The van der Waals surface area contributed by atoms with E-state index in [0.717, 1.165) is 59.7 Å². The Hall–Kier alpha value is -2.76. The number of thiophene rings is 1. The highest BCUT2D eigenvalue weighted by Gasteiger charge is 2.40. The lowest BCUT2D eigenvalue weighted by Crippen LogP contribution is -2.50. The number of nitrogens with one attached hydrogen (secondary N) is 2. The summed E-state index contributed by atoms with van der Waals surface area (Å²) in [4.78, 5) is 22.9. The number of rotatable bonds is 11. The quantitative estimate of drug-likeness (QED) is 0.255. The van der Waals surface area contributed by atoms with E-state index in [4.69, 9.17) is 14.1 Å². The Bertz CT molecular complexity index is 1200. The second-order valence-corrected chi connectivity index (χ2v) is 10.6. The molecule has 0 bridgehead atoms. The topological polar surface area (TPSA) is 109 Å². The summed E-state index contributed by atoms with van der Waals surface area (Å²) in [5, 5.41) is 16.7. The molecule has 2 aromatic heterocycles. The second kappa shape index (κ2) is 11.7. The van der Waals surface area contributed by atoms with E-state index in [-0.39, 0.29) is 23.9 Å². The van der Waals surface area contributed by atoms with Gasteiger partial charge in [-0.15, -0.1) is 11.3 Å². The van der Waals surface area contributed by atoms with Crippen LogP contribution in [0.4, 0.5) is 0 Å². The van der Waals surface area contributed by atoms with Crippen molar-refractivity contribution in [1.82, 2.24) is 20.9 Å². The fourth-order valence-electron chi connectivity index (χ4n) is 4.88. The first-order valence-corrected chi connectivity index (χ1v) is 13.7. The van der Waals surface area contributed by atoms with Gasteiger partial charge in [0.05, 0.1) is 19.8 Å². The van der Waals surface area contributed by atoms with Crippen molar-refractivity contribution >= 4 is 17.2 Å². The molecule has 1 saturated heterocycles. The molecule has 3 aromatic rings. The molecule has 198 valence electrons. The average Bonchev–Trinajstić information content (AvgIpc) is 3.51. The number of ether oxygens (including phenoxy) is 1. The maximum Gasteiger partial charge on any atom is 0.253 e. The van der Waals surface area contributed by atoms with Crippen LogP contribution in [-0.4, -0.2) is 66.6 Å². The number of hydrogen-bond acceptors (Lipinski definition) is 9. The van der Waals surface area contributed by atoms with Gasteiger partial charge in [0.25, 0.3) is 11.8 Å². The van der Waals surface area contributed by atoms with Gasteiger partial charge in [-0.05, 0) is 49.4 Å². The maximum absolute atomic E-state index is 13.5. The first-order chi connectivity index (χ1) is 18.1. The van der Waals surface area contributed by atoms with Crippen molar-refractivity contribution in [2.45, 2.75) is 50.8 Å². The Labute approximate surface area is 220 Å².